The molecule has 1 aromatic rings. The zero-order chi connectivity index (χ0) is 11.3. The van der Waals surface area contributed by atoms with Crippen molar-refractivity contribution < 1.29 is 0 Å². The summed E-state index contributed by atoms with van der Waals surface area (Å²) in [5.74, 6) is 0. The lowest BCUT2D eigenvalue weighted by atomic mass is 10.3. The topological polar surface area (TPSA) is 59.6 Å². The second-order valence-electron chi connectivity index (χ2n) is 2.55. The summed E-state index contributed by atoms with van der Waals surface area (Å²) >= 11 is 9.12. The molecule has 1 aromatic carbocycles. The molecule has 0 spiro atoms. The lowest BCUT2D eigenvalue weighted by Crippen LogP contribution is -1.89. The van der Waals surface area contributed by atoms with Gasteiger partial charge in [0.05, 0.1) is 5.02 Å². The fourth-order valence-electron chi connectivity index (χ4n) is 0.831. The van der Waals surface area contributed by atoms with E-state index in [1.54, 1.807) is 30.3 Å². The van der Waals surface area contributed by atoms with Gasteiger partial charge in [0.15, 0.2) is 0 Å². The number of anilines is 1. The Morgan fingerprint density at radius 2 is 2.07 bits per heavy atom. The second kappa shape index (κ2) is 5.41. The zero-order valence-electron chi connectivity index (χ0n) is 7.46. The van der Waals surface area contributed by atoms with E-state index in [1.807, 2.05) is 0 Å². The van der Waals surface area contributed by atoms with Gasteiger partial charge in [-0.25, -0.2) is 0 Å². The van der Waals surface area contributed by atoms with Gasteiger partial charge in [0.1, 0.15) is 17.7 Å². The zero-order valence-corrected chi connectivity index (χ0v) is 9.80. The minimum absolute atomic E-state index is 0.00837. The van der Waals surface area contributed by atoms with Gasteiger partial charge in [-0.1, -0.05) is 11.6 Å². The molecule has 0 saturated heterocycles. The maximum absolute atomic E-state index is 8.49. The fraction of sp³-hybridized carbons (Fsp3) is 0. The number of benzene rings is 1. The van der Waals surface area contributed by atoms with E-state index in [0.29, 0.717) is 10.7 Å². The van der Waals surface area contributed by atoms with E-state index >= 15 is 0 Å². The van der Waals surface area contributed by atoms with Gasteiger partial charge in [-0.2, -0.15) is 10.5 Å². The number of rotatable bonds is 2. The average molecular weight is 283 g/mol. The van der Waals surface area contributed by atoms with Crippen molar-refractivity contribution in [3.63, 3.8) is 0 Å². The van der Waals surface area contributed by atoms with Crippen molar-refractivity contribution >= 4 is 33.2 Å². The molecule has 0 aliphatic heterocycles. The third-order valence-electron chi connectivity index (χ3n) is 1.54. The number of nitrogens with one attached hydrogen (secondary N) is 1. The normalized spacial score (nSPS) is 8.53. The van der Waals surface area contributed by atoms with Crippen LogP contribution in [0.4, 0.5) is 5.69 Å². The Morgan fingerprint density at radius 1 is 1.40 bits per heavy atom. The van der Waals surface area contributed by atoms with Crippen LogP contribution in [0, 0.1) is 22.7 Å². The van der Waals surface area contributed by atoms with Crippen LogP contribution >= 0.6 is 27.5 Å². The van der Waals surface area contributed by atoms with Crippen molar-refractivity contribution in [1.29, 1.82) is 10.5 Å². The SMILES string of the molecule is N#CC(C#N)=CNc1ccc(Br)c(Cl)c1. The van der Waals surface area contributed by atoms with E-state index in [9.17, 15) is 0 Å². The number of nitrogens with zero attached hydrogens (tertiary/aromatic N) is 2. The molecular formula is C10H5BrClN3. The third kappa shape index (κ3) is 3.28. The van der Waals surface area contributed by atoms with Crippen molar-refractivity contribution in [3.8, 4) is 12.1 Å². The van der Waals surface area contributed by atoms with E-state index in [1.165, 1.54) is 6.20 Å². The van der Waals surface area contributed by atoms with Gasteiger partial charge in [-0.3, -0.25) is 0 Å². The predicted molar refractivity (Wildman–Crippen MR) is 62.1 cm³/mol. The van der Waals surface area contributed by atoms with Crippen LogP contribution in [-0.2, 0) is 0 Å². The quantitative estimate of drug-likeness (QED) is 0.845. The molecule has 0 aliphatic carbocycles. The van der Waals surface area contributed by atoms with E-state index < -0.39 is 0 Å². The van der Waals surface area contributed by atoms with Crippen molar-refractivity contribution in [2.45, 2.75) is 0 Å². The average Bonchev–Trinajstić information content (AvgIpc) is 2.24. The van der Waals surface area contributed by atoms with E-state index in [2.05, 4.69) is 21.2 Å². The Labute approximate surface area is 101 Å². The minimum Gasteiger partial charge on any atom is -0.360 e. The highest BCUT2D eigenvalue weighted by atomic mass is 79.9. The maximum atomic E-state index is 8.49. The summed E-state index contributed by atoms with van der Waals surface area (Å²) in [6, 6.07) is 8.73. The Morgan fingerprint density at radius 3 is 2.60 bits per heavy atom. The first-order valence-electron chi connectivity index (χ1n) is 3.89. The molecule has 5 heteroatoms. The smallest absolute Gasteiger partial charge is 0.145 e. The number of halogens is 2. The summed E-state index contributed by atoms with van der Waals surface area (Å²) in [6.45, 7) is 0. The van der Waals surface area contributed by atoms with Gasteiger partial charge in [0, 0.05) is 16.4 Å². The Bertz CT molecular complexity index is 466. The number of nitriles is 2. The largest absolute Gasteiger partial charge is 0.360 e. The molecule has 1 N–H and O–H groups in total. The van der Waals surface area contributed by atoms with Crippen molar-refractivity contribution in [3.05, 3.63) is 39.5 Å². The van der Waals surface area contributed by atoms with E-state index in [4.69, 9.17) is 22.1 Å². The van der Waals surface area contributed by atoms with Gasteiger partial charge in [0.25, 0.3) is 0 Å². The van der Waals surface area contributed by atoms with Crippen LogP contribution in [0.3, 0.4) is 0 Å². The van der Waals surface area contributed by atoms with Crippen molar-refractivity contribution in [2.75, 3.05) is 5.32 Å². The second-order valence-corrected chi connectivity index (χ2v) is 3.82. The molecule has 3 nitrogen and oxygen atoms in total. The summed E-state index contributed by atoms with van der Waals surface area (Å²) in [6.07, 6.45) is 1.33. The molecule has 0 aliphatic rings. The summed E-state index contributed by atoms with van der Waals surface area (Å²) < 4.78 is 0.791. The summed E-state index contributed by atoms with van der Waals surface area (Å²) in [4.78, 5) is 0. The van der Waals surface area contributed by atoms with Crippen LogP contribution in [0.2, 0.25) is 5.02 Å². The molecule has 0 saturated carbocycles. The lowest BCUT2D eigenvalue weighted by Gasteiger charge is -2.02. The number of allylic oxidation sites excluding steroid dienone is 1. The molecule has 1 rings (SSSR count). The maximum Gasteiger partial charge on any atom is 0.145 e. The van der Waals surface area contributed by atoms with Gasteiger partial charge < -0.3 is 5.32 Å². The Balaban J connectivity index is 2.84. The molecule has 0 radical (unpaired) electrons. The molecule has 0 heterocycles. The number of hydrogen-bond acceptors (Lipinski definition) is 3. The van der Waals surface area contributed by atoms with Crippen molar-refractivity contribution in [1.82, 2.24) is 0 Å². The van der Waals surface area contributed by atoms with Gasteiger partial charge in [0.2, 0.25) is 0 Å². The summed E-state index contributed by atoms with van der Waals surface area (Å²) in [5, 5.41) is 20.3. The third-order valence-corrected chi connectivity index (χ3v) is 2.78. The fourth-order valence-corrected chi connectivity index (χ4v) is 1.26. The molecule has 74 valence electrons. The molecule has 0 atom stereocenters. The van der Waals surface area contributed by atoms with Gasteiger partial charge >= 0.3 is 0 Å². The monoisotopic (exact) mass is 281 g/mol. The van der Waals surface area contributed by atoms with Gasteiger partial charge in [-0.05, 0) is 34.1 Å². The van der Waals surface area contributed by atoms with Crippen LogP contribution in [0.5, 0.6) is 0 Å². The Kier molecular flexibility index (Phi) is 4.17. The molecule has 0 bridgehead atoms. The highest BCUT2D eigenvalue weighted by Crippen LogP contribution is 2.25. The van der Waals surface area contributed by atoms with Crippen LogP contribution in [-0.4, -0.2) is 0 Å². The first kappa shape index (κ1) is 11.6. The molecule has 0 aromatic heterocycles. The summed E-state index contributed by atoms with van der Waals surface area (Å²) in [5.41, 5.74) is 0.722. The highest BCUT2D eigenvalue weighted by molar-refractivity contribution is 9.10. The number of hydrogen-bond donors (Lipinski definition) is 1. The predicted octanol–water partition coefficient (Wildman–Crippen LogP) is 3.45. The lowest BCUT2D eigenvalue weighted by molar-refractivity contribution is 1.44. The molecule has 0 unspecified atom stereocenters. The first-order valence-corrected chi connectivity index (χ1v) is 5.06. The summed E-state index contributed by atoms with van der Waals surface area (Å²) in [7, 11) is 0. The van der Waals surface area contributed by atoms with Crippen LogP contribution in [0.15, 0.2) is 34.4 Å². The molecule has 0 fully saturated rings. The Hall–Kier alpha value is -1.49. The van der Waals surface area contributed by atoms with Crippen LogP contribution in [0.1, 0.15) is 0 Å². The van der Waals surface area contributed by atoms with Gasteiger partial charge in [-0.15, -0.1) is 0 Å². The minimum atomic E-state index is 0.00837. The molecule has 0 amide bonds. The van der Waals surface area contributed by atoms with Crippen LogP contribution in [0.25, 0.3) is 0 Å². The van der Waals surface area contributed by atoms with Crippen molar-refractivity contribution in [2.24, 2.45) is 0 Å². The van der Waals surface area contributed by atoms with Crippen LogP contribution < -0.4 is 5.32 Å². The van der Waals surface area contributed by atoms with E-state index in [0.717, 1.165) is 4.47 Å². The highest BCUT2D eigenvalue weighted by Gasteiger charge is 1.98. The molecular weight excluding hydrogens is 277 g/mol. The van der Waals surface area contributed by atoms with E-state index in [-0.39, 0.29) is 5.57 Å². The molecule has 15 heavy (non-hydrogen) atoms. The first-order chi connectivity index (χ1) is 7.17. The standard InChI is InChI=1S/C10H5BrClN3/c11-9-2-1-8(3-10(9)12)15-6-7(4-13)5-14/h1-3,6,15H.